The first-order valence-corrected chi connectivity index (χ1v) is 15.2. The minimum absolute atomic E-state index is 0.362. The Kier molecular flexibility index (Phi) is 2.50. The van der Waals surface area contributed by atoms with E-state index in [1.165, 1.54) is 0 Å². The molecule has 0 N–H and O–H groups in total. The van der Waals surface area contributed by atoms with Gasteiger partial charge in [0.15, 0.2) is 0 Å². The van der Waals surface area contributed by atoms with Crippen LogP contribution in [-0.2, 0) is 0 Å². The summed E-state index contributed by atoms with van der Waals surface area (Å²) in [5.74, 6) is 0. The molecular formula is C50H30O. The zero-order chi connectivity index (χ0) is 59.6. The number of hydrogen-bond donors (Lipinski definition) is 0. The molecule has 51 heavy (non-hydrogen) atoms. The molecule has 236 valence electrons. The van der Waals surface area contributed by atoms with Crippen molar-refractivity contribution in [3.05, 3.63) is 181 Å². The molecule has 1 heteroatoms. The van der Waals surface area contributed by atoms with Crippen LogP contribution in [0.15, 0.2) is 186 Å². The normalized spacial score (nSPS) is 20.2. The molecule has 0 fully saturated rings. The Bertz CT molecular complexity index is 4850. The van der Waals surface area contributed by atoms with E-state index in [0.29, 0.717) is 0 Å². The summed E-state index contributed by atoms with van der Waals surface area (Å²) in [6.07, 6.45) is 0. The Labute approximate surface area is 336 Å². The van der Waals surface area contributed by atoms with E-state index in [9.17, 15) is 17.8 Å². The minimum atomic E-state index is -1.14. The first-order valence-electron chi connectivity index (χ1n) is 30.2. The maximum Gasteiger partial charge on any atom is 0.136 e. The fraction of sp³-hybridized carbons (Fsp3) is 0. The standard InChI is InChI=1S/C50H30O/c1-2-13-33-29-35(22-21-31(33)11-1)48-40-17-7-9-19-42(40)49(43-20-10-8-18-41(43)48)44-27-26-36(38-15-5-6-16-39(38)44)34-23-25-45-47(30-34)51-46-28-24-32-12-3-4-14-37(32)50(45)46/h1-30H/i1D,2D,3D,4D,5D,6D,7D,8D,9D,10D,11D,12D,13D,14D,15D,16D,17D,18D,19D,20D,21D,22D,23D,24D,25D,26D,27D,28D,29D,30D. The molecule has 11 aromatic rings. The van der Waals surface area contributed by atoms with Gasteiger partial charge in [-0.2, -0.15) is 0 Å². The lowest BCUT2D eigenvalue weighted by atomic mass is 9.83. The summed E-state index contributed by atoms with van der Waals surface area (Å²) in [5, 5.41) is -7.71. The summed E-state index contributed by atoms with van der Waals surface area (Å²) >= 11 is 0. The van der Waals surface area contributed by atoms with Gasteiger partial charge >= 0.3 is 0 Å². The van der Waals surface area contributed by atoms with Gasteiger partial charge in [-0.05, 0) is 111 Å². The predicted octanol–water partition coefficient (Wildman–Crippen LogP) is 14.4. The largest absolute Gasteiger partial charge is 0.456 e. The highest BCUT2D eigenvalue weighted by molar-refractivity contribution is 6.25. The molecule has 1 heterocycles. The zero-order valence-electron chi connectivity index (χ0n) is 55.4. The molecule has 0 aliphatic rings. The van der Waals surface area contributed by atoms with E-state index in [0.717, 1.165) is 0 Å². The van der Waals surface area contributed by atoms with Crippen LogP contribution in [0.4, 0.5) is 0 Å². The highest BCUT2D eigenvalue weighted by Crippen LogP contribution is 2.47. The Morgan fingerprint density at radius 2 is 0.843 bits per heavy atom. The molecule has 0 spiro atoms. The molecule has 0 saturated carbocycles. The van der Waals surface area contributed by atoms with E-state index in [4.69, 9.17) is 27.7 Å². The molecule has 0 radical (unpaired) electrons. The lowest BCUT2D eigenvalue weighted by Crippen LogP contribution is -1.92. The Hall–Kier alpha value is -6.70. The van der Waals surface area contributed by atoms with Crippen molar-refractivity contribution in [2.75, 3.05) is 0 Å². The average molecular weight is 677 g/mol. The molecule has 1 nitrogen and oxygen atoms in total. The Morgan fingerprint density at radius 3 is 1.57 bits per heavy atom. The summed E-state index contributed by atoms with van der Waals surface area (Å²) in [5.41, 5.74) is -6.07. The van der Waals surface area contributed by atoms with Gasteiger partial charge in [0.2, 0.25) is 0 Å². The van der Waals surface area contributed by atoms with Gasteiger partial charge in [-0.15, -0.1) is 0 Å². The molecule has 0 aliphatic heterocycles. The highest BCUT2D eigenvalue weighted by Gasteiger charge is 2.20. The summed E-state index contributed by atoms with van der Waals surface area (Å²) in [6.45, 7) is 0. The quantitative estimate of drug-likeness (QED) is 0.170. The molecule has 0 amide bonds. The SMILES string of the molecule is [2H]c1c([2H])c([2H])c2c([2H])c(-c3c4c([2H])c([2H])c([2H])c([2H])c4c(-c4c([2H])c([2H])c(-c5c([2H])c([2H])c6c(oc7c([2H])c([2H])c8c([2H])c([2H])c([2H])c([2H])c8c76)c5[2H])c5c([2H])c([2H])c([2H])c([2H])c45)c4c([2H])c([2H])c([2H])c([2H])c34)c([2H])c([2H])c2c1[2H]. The van der Waals surface area contributed by atoms with E-state index in [1.807, 2.05) is 0 Å². The van der Waals surface area contributed by atoms with E-state index in [2.05, 4.69) is 0 Å². The molecule has 0 bridgehead atoms. The van der Waals surface area contributed by atoms with E-state index < -0.39 is 285 Å². The maximum atomic E-state index is 9.95. The van der Waals surface area contributed by atoms with Crippen molar-refractivity contribution in [3.63, 3.8) is 0 Å². The lowest BCUT2D eigenvalue weighted by Gasteiger charge is -2.20. The van der Waals surface area contributed by atoms with E-state index in [-0.39, 0.29) is 5.39 Å². The van der Waals surface area contributed by atoms with Crippen LogP contribution in [0.2, 0.25) is 0 Å². The number of benzene rings is 10. The van der Waals surface area contributed by atoms with Crippen molar-refractivity contribution >= 4 is 75.8 Å². The molecular weight excluding hydrogens is 617 g/mol. The highest BCUT2D eigenvalue weighted by atomic mass is 16.3. The van der Waals surface area contributed by atoms with Gasteiger partial charge in [0.05, 0.1) is 41.1 Å². The van der Waals surface area contributed by atoms with Crippen LogP contribution in [0, 0.1) is 0 Å². The smallest absolute Gasteiger partial charge is 0.136 e. The molecule has 0 aliphatic carbocycles. The third kappa shape index (κ3) is 4.22. The van der Waals surface area contributed by atoms with Gasteiger partial charge < -0.3 is 4.42 Å². The second-order valence-corrected chi connectivity index (χ2v) is 11.3. The molecule has 1 aromatic heterocycles. The second kappa shape index (κ2) is 10.9. The van der Waals surface area contributed by atoms with Crippen LogP contribution in [0.25, 0.3) is 109 Å². The summed E-state index contributed by atoms with van der Waals surface area (Å²) in [6, 6.07) is -28.2. The van der Waals surface area contributed by atoms with Crippen LogP contribution in [0.1, 0.15) is 41.1 Å². The number of furan rings is 1. The van der Waals surface area contributed by atoms with Gasteiger partial charge in [-0.1, -0.05) is 157 Å². The Morgan fingerprint density at radius 1 is 0.314 bits per heavy atom. The van der Waals surface area contributed by atoms with E-state index >= 15 is 0 Å². The first-order chi connectivity index (χ1) is 37.8. The van der Waals surface area contributed by atoms with Crippen molar-refractivity contribution in [3.8, 4) is 33.4 Å². The topological polar surface area (TPSA) is 13.1 Å². The van der Waals surface area contributed by atoms with Crippen molar-refractivity contribution < 1.29 is 45.5 Å². The third-order valence-corrected chi connectivity index (χ3v) is 8.57. The van der Waals surface area contributed by atoms with Crippen LogP contribution in [0.5, 0.6) is 0 Å². The van der Waals surface area contributed by atoms with Crippen molar-refractivity contribution in [2.24, 2.45) is 0 Å². The van der Waals surface area contributed by atoms with E-state index in [1.54, 1.807) is 0 Å². The number of fused-ring (bicyclic) bond motifs is 9. The van der Waals surface area contributed by atoms with Gasteiger partial charge in [0.25, 0.3) is 0 Å². The van der Waals surface area contributed by atoms with Crippen LogP contribution in [-0.4, -0.2) is 0 Å². The molecule has 11 rings (SSSR count). The predicted molar refractivity (Wildman–Crippen MR) is 218 cm³/mol. The fourth-order valence-corrected chi connectivity index (χ4v) is 6.42. The maximum absolute atomic E-state index is 9.95. The molecule has 0 atom stereocenters. The molecule has 0 saturated heterocycles. The number of rotatable bonds is 3. The minimum Gasteiger partial charge on any atom is -0.456 e. The van der Waals surface area contributed by atoms with Crippen molar-refractivity contribution in [1.29, 1.82) is 0 Å². The summed E-state index contributed by atoms with van der Waals surface area (Å²) in [7, 11) is 0. The average Bonchev–Trinajstić information content (AvgIpc) is 3.13. The van der Waals surface area contributed by atoms with Crippen LogP contribution in [0.3, 0.4) is 0 Å². The number of hydrogen-bond acceptors (Lipinski definition) is 1. The van der Waals surface area contributed by atoms with Crippen molar-refractivity contribution in [2.45, 2.75) is 0 Å². The van der Waals surface area contributed by atoms with Crippen LogP contribution >= 0.6 is 0 Å². The second-order valence-electron chi connectivity index (χ2n) is 11.3. The van der Waals surface area contributed by atoms with Crippen molar-refractivity contribution in [1.82, 2.24) is 0 Å². The molecule has 10 aromatic carbocycles. The van der Waals surface area contributed by atoms with Gasteiger partial charge in [0.1, 0.15) is 11.2 Å². The molecule has 0 unspecified atom stereocenters. The zero-order valence-corrected chi connectivity index (χ0v) is 25.4. The van der Waals surface area contributed by atoms with Gasteiger partial charge in [0, 0.05) is 10.8 Å². The lowest BCUT2D eigenvalue weighted by molar-refractivity contribution is 0.669. The van der Waals surface area contributed by atoms with Gasteiger partial charge in [-0.3, -0.25) is 0 Å². The van der Waals surface area contributed by atoms with Gasteiger partial charge in [-0.25, -0.2) is 0 Å². The fourth-order valence-electron chi connectivity index (χ4n) is 6.42. The van der Waals surface area contributed by atoms with Crippen LogP contribution < -0.4 is 0 Å². The Balaban J connectivity index is 1.40. The first kappa shape index (κ1) is 11.7. The summed E-state index contributed by atoms with van der Waals surface area (Å²) < 4.78 is 279. The summed E-state index contributed by atoms with van der Waals surface area (Å²) in [4.78, 5) is 0. The monoisotopic (exact) mass is 676 g/mol. The third-order valence-electron chi connectivity index (χ3n) is 8.57.